The Kier molecular flexibility index (Phi) is 4.25. The second-order valence-corrected chi connectivity index (χ2v) is 7.74. The van der Waals surface area contributed by atoms with Gasteiger partial charge < -0.3 is 10.6 Å². The van der Waals surface area contributed by atoms with Gasteiger partial charge in [0, 0.05) is 12.1 Å². The highest BCUT2D eigenvalue weighted by molar-refractivity contribution is 7.91. The van der Waals surface area contributed by atoms with E-state index in [0.29, 0.717) is 24.0 Å². The van der Waals surface area contributed by atoms with E-state index in [-0.39, 0.29) is 17.5 Å². The number of hydrogen-bond donors (Lipinski definition) is 2. The Labute approximate surface area is 108 Å². The molecule has 0 aromatic carbocycles. The first-order valence-corrected chi connectivity index (χ1v) is 8.55. The van der Waals surface area contributed by atoms with Crippen LogP contribution >= 0.6 is 12.2 Å². The molecule has 1 saturated heterocycles. The van der Waals surface area contributed by atoms with E-state index in [1.165, 1.54) is 25.7 Å². The lowest BCUT2D eigenvalue weighted by molar-refractivity contribution is 0.512. The molecule has 0 unspecified atom stereocenters. The predicted octanol–water partition coefficient (Wildman–Crippen LogP) is 0.970. The van der Waals surface area contributed by atoms with Crippen LogP contribution in [-0.2, 0) is 9.84 Å². The molecule has 0 aromatic heterocycles. The average molecular weight is 276 g/mol. The van der Waals surface area contributed by atoms with Crippen LogP contribution in [0.5, 0.6) is 0 Å². The van der Waals surface area contributed by atoms with Crippen molar-refractivity contribution in [3.8, 4) is 0 Å². The van der Waals surface area contributed by atoms with Crippen LogP contribution in [0.3, 0.4) is 0 Å². The topological polar surface area (TPSA) is 58.2 Å². The fraction of sp³-hybridized carbons (Fsp3) is 0.909. The first-order valence-electron chi connectivity index (χ1n) is 6.33. The summed E-state index contributed by atoms with van der Waals surface area (Å²) in [5.74, 6) is 0.577. The molecule has 0 radical (unpaired) electrons. The van der Waals surface area contributed by atoms with Crippen molar-refractivity contribution < 1.29 is 8.42 Å². The molecule has 2 aliphatic rings. The van der Waals surface area contributed by atoms with Crippen LogP contribution in [0.25, 0.3) is 0 Å². The van der Waals surface area contributed by atoms with Crippen LogP contribution in [-0.4, -0.2) is 37.1 Å². The Morgan fingerprint density at radius 3 is 1.94 bits per heavy atom. The van der Waals surface area contributed by atoms with Gasteiger partial charge in [0.05, 0.1) is 11.5 Å². The molecule has 0 atom stereocenters. The van der Waals surface area contributed by atoms with Crippen LogP contribution < -0.4 is 10.6 Å². The van der Waals surface area contributed by atoms with Crippen LogP contribution in [0, 0.1) is 0 Å². The quantitative estimate of drug-likeness (QED) is 0.736. The van der Waals surface area contributed by atoms with Gasteiger partial charge in [0.15, 0.2) is 5.11 Å². The summed E-state index contributed by atoms with van der Waals surface area (Å²) in [4.78, 5) is 0. The Bertz CT molecular complexity index is 361. The van der Waals surface area contributed by atoms with Crippen LogP contribution in [0.1, 0.15) is 38.5 Å². The van der Waals surface area contributed by atoms with Gasteiger partial charge in [-0.2, -0.15) is 0 Å². The van der Waals surface area contributed by atoms with Crippen molar-refractivity contribution in [2.24, 2.45) is 0 Å². The highest BCUT2D eigenvalue weighted by Crippen LogP contribution is 2.17. The highest BCUT2D eigenvalue weighted by Gasteiger charge is 2.24. The zero-order valence-corrected chi connectivity index (χ0v) is 11.6. The molecule has 0 bridgehead atoms. The summed E-state index contributed by atoms with van der Waals surface area (Å²) >= 11 is 5.26. The molecule has 98 valence electrons. The van der Waals surface area contributed by atoms with Crippen molar-refractivity contribution in [2.45, 2.75) is 50.6 Å². The van der Waals surface area contributed by atoms with Gasteiger partial charge in [-0.1, -0.05) is 12.8 Å². The molecule has 2 rings (SSSR count). The van der Waals surface area contributed by atoms with Crippen molar-refractivity contribution >= 4 is 27.2 Å². The molecule has 4 nitrogen and oxygen atoms in total. The van der Waals surface area contributed by atoms with E-state index in [2.05, 4.69) is 10.6 Å². The summed E-state index contributed by atoms with van der Waals surface area (Å²) in [5, 5.41) is 7.25. The first-order chi connectivity index (χ1) is 8.05. The van der Waals surface area contributed by atoms with Crippen LogP contribution in [0.4, 0.5) is 0 Å². The zero-order valence-electron chi connectivity index (χ0n) is 9.94. The van der Waals surface area contributed by atoms with Crippen molar-refractivity contribution in [1.29, 1.82) is 0 Å². The van der Waals surface area contributed by atoms with Crippen molar-refractivity contribution in [3.05, 3.63) is 0 Å². The van der Waals surface area contributed by atoms with E-state index in [1.807, 2.05) is 0 Å². The molecule has 2 N–H and O–H groups in total. The van der Waals surface area contributed by atoms with Crippen molar-refractivity contribution in [2.75, 3.05) is 11.5 Å². The molecule has 1 aliphatic carbocycles. The summed E-state index contributed by atoms with van der Waals surface area (Å²) in [5.41, 5.74) is 0. The van der Waals surface area contributed by atoms with Gasteiger partial charge in [-0.15, -0.1) is 0 Å². The van der Waals surface area contributed by atoms with Gasteiger partial charge in [-0.3, -0.25) is 0 Å². The summed E-state index contributed by atoms with van der Waals surface area (Å²) in [6, 6.07) is 0.738. The molecule has 17 heavy (non-hydrogen) atoms. The largest absolute Gasteiger partial charge is 0.360 e. The minimum Gasteiger partial charge on any atom is -0.360 e. The van der Waals surface area contributed by atoms with Crippen molar-refractivity contribution in [3.63, 3.8) is 0 Å². The smallest absolute Gasteiger partial charge is 0.166 e. The summed E-state index contributed by atoms with van der Waals surface area (Å²) in [6.45, 7) is 0. The first kappa shape index (κ1) is 13.1. The minimum atomic E-state index is -2.78. The standard InChI is InChI=1S/C11H20N2O2S2/c14-17(15)7-5-10(6-8-17)13-11(16)12-9-3-1-2-4-9/h9-10H,1-8H2,(H2,12,13,16). The van der Waals surface area contributed by atoms with E-state index < -0.39 is 9.84 Å². The Morgan fingerprint density at radius 1 is 0.941 bits per heavy atom. The molecule has 1 saturated carbocycles. The second kappa shape index (κ2) is 5.52. The fourth-order valence-corrected chi connectivity index (χ4v) is 4.34. The van der Waals surface area contributed by atoms with E-state index in [4.69, 9.17) is 12.2 Å². The van der Waals surface area contributed by atoms with Gasteiger partial charge in [-0.25, -0.2) is 8.42 Å². The monoisotopic (exact) mass is 276 g/mol. The molecule has 0 spiro atoms. The average Bonchev–Trinajstić information content (AvgIpc) is 2.74. The zero-order chi connectivity index (χ0) is 12.3. The molecule has 0 aromatic rings. The maximum absolute atomic E-state index is 11.3. The molecular formula is C11H20N2O2S2. The fourth-order valence-electron chi connectivity index (χ4n) is 2.52. The third kappa shape index (κ3) is 4.10. The lowest BCUT2D eigenvalue weighted by atomic mass is 10.1. The van der Waals surface area contributed by atoms with E-state index >= 15 is 0 Å². The van der Waals surface area contributed by atoms with Gasteiger partial charge in [0.25, 0.3) is 0 Å². The molecule has 0 amide bonds. The molecule has 2 fully saturated rings. The van der Waals surface area contributed by atoms with Crippen molar-refractivity contribution in [1.82, 2.24) is 10.6 Å². The maximum atomic E-state index is 11.3. The van der Waals surface area contributed by atoms with Gasteiger partial charge in [0.2, 0.25) is 0 Å². The molecule has 1 heterocycles. The van der Waals surface area contributed by atoms with Gasteiger partial charge in [-0.05, 0) is 37.9 Å². The lowest BCUT2D eigenvalue weighted by Crippen LogP contribution is -2.47. The Hall–Kier alpha value is -0.360. The summed E-state index contributed by atoms with van der Waals surface area (Å²) in [7, 11) is -2.78. The van der Waals surface area contributed by atoms with Crippen LogP contribution in [0.2, 0.25) is 0 Å². The second-order valence-electron chi connectivity index (χ2n) is 5.03. The number of nitrogens with one attached hydrogen (secondary N) is 2. The normalized spacial score (nSPS) is 25.6. The van der Waals surface area contributed by atoms with E-state index in [9.17, 15) is 8.42 Å². The third-order valence-corrected chi connectivity index (χ3v) is 5.53. The van der Waals surface area contributed by atoms with E-state index in [1.54, 1.807) is 0 Å². The summed E-state index contributed by atoms with van der Waals surface area (Å²) in [6.07, 6.45) is 6.30. The minimum absolute atomic E-state index is 0.222. The number of rotatable bonds is 2. The lowest BCUT2D eigenvalue weighted by Gasteiger charge is -2.25. The maximum Gasteiger partial charge on any atom is 0.166 e. The number of thiocarbonyl (C=S) groups is 1. The highest BCUT2D eigenvalue weighted by atomic mass is 32.2. The molecule has 6 heteroatoms. The molecular weight excluding hydrogens is 256 g/mol. The predicted molar refractivity (Wildman–Crippen MR) is 72.8 cm³/mol. The SMILES string of the molecule is O=S1(=O)CCC(NC(=S)NC2CCCC2)CC1. The summed E-state index contributed by atoms with van der Waals surface area (Å²) < 4.78 is 22.6. The Balaban J connectivity index is 1.72. The number of hydrogen-bond acceptors (Lipinski definition) is 3. The van der Waals surface area contributed by atoms with E-state index in [0.717, 1.165) is 0 Å². The molecule has 1 aliphatic heterocycles. The third-order valence-electron chi connectivity index (χ3n) is 3.58. The number of sulfone groups is 1. The van der Waals surface area contributed by atoms with Crippen LogP contribution in [0.15, 0.2) is 0 Å². The van der Waals surface area contributed by atoms with Gasteiger partial charge in [0.1, 0.15) is 9.84 Å². The Morgan fingerprint density at radius 2 is 1.41 bits per heavy atom. The van der Waals surface area contributed by atoms with Gasteiger partial charge >= 0.3 is 0 Å².